The number of hydrogen-bond donors (Lipinski definition) is 1. The van der Waals surface area contributed by atoms with Gasteiger partial charge in [-0.05, 0) is 72.0 Å². The van der Waals surface area contributed by atoms with Crippen molar-refractivity contribution in [2.45, 2.75) is 50.6 Å². The van der Waals surface area contributed by atoms with Crippen LogP contribution >= 0.6 is 12.6 Å². The second-order valence-electron chi connectivity index (χ2n) is 8.71. The predicted molar refractivity (Wildman–Crippen MR) is 80.7 cm³/mol. The molecule has 5 aliphatic rings. The number of fused-ring (bicyclic) bond motifs is 5. The summed E-state index contributed by atoms with van der Waals surface area (Å²) >= 11 is 4.92. The zero-order chi connectivity index (χ0) is 12.4. The highest BCUT2D eigenvalue weighted by molar-refractivity contribution is 7.81. The Kier molecular flexibility index (Phi) is 1.77. The smallest absolute Gasteiger partial charge is 0.106 e. The fourth-order valence-corrected chi connectivity index (χ4v) is 8.87. The van der Waals surface area contributed by atoms with Gasteiger partial charge >= 0.3 is 0 Å². The van der Waals surface area contributed by atoms with Crippen LogP contribution in [0, 0.1) is 46.3 Å². The van der Waals surface area contributed by atoms with E-state index in [-0.39, 0.29) is 0 Å². The molecule has 0 amide bonds. The molecule has 18 heavy (non-hydrogen) atoms. The summed E-state index contributed by atoms with van der Waals surface area (Å²) < 4.78 is 0. The molecule has 0 aromatic rings. The lowest BCUT2D eigenvalue weighted by molar-refractivity contribution is 0.186. The van der Waals surface area contributed by atoms with Crippen molar-refractivity contribution in [2.24, 2.45) is 46.3 Å². The molecule has 0 aromatic heterocycles. The van der Waals surface area contributed by atoms with E-state index >= 15 is 0 Å². The summed E-state index contributed by atoms with van der Waals surface area (Å²) in [6, 6.07) is 0. The molecule has 2 bridgehead atoms. The Balaban J connectivity index is 1.55. The maximum atomic E-state index is 4.92. The second-order valence-corrected chi connectivity index (χ2v) is 9.37. The molecule has 5 fully saturated rings. The Morgan fingerprint density at radius 1 is 1.33 bits per heavy atom. The monoisotopic (exact) mass is 260 g/mol. The maximum Gasteiger partial charge on any atom is 0.106 e. The van der Waals surface area contributed by atoms with E-state index in [9.17, 15) is 0 Å². The van der Waals surface area contributed by atoms with E-state index in [2.05, 4.69) is 21.7 Å². The van der Waals surface area contributed by atoms with Crippen LogP contribution in [-0.2, 0) is 0 Å². The normalized spacial score (nSPS) is 70.8. The first-order chi connectivity index (χ1) is 8.55. The van der Waals surface area contributed by atoms with Crippen LogP contribution in [0.2, 0.25) is 5.82 Å². The lowest BCUT2D eigenvalue weighted by Gasteiger charge is -2.31. The highest BCUT2D eigenvalue weighted by atomic mass is 32.1. The lowest BCUT2D eigenvalue weighted by atomic mass is 9.74. The first kappa shape index (κ1) is 11.1. The van der Waals surface area contributed by atoms with Crippen LogP contribution in [0.4, 0.5) is 0 Å². The van der Waals surface area contributed by atoms with Gasteiger partial charge in [-0.2, -0.15) is 12.6 Å². The minimum Gasteiger partial charge on any atom is -0.176 e. The van der Waals surface area contributed by atoms with Crippen molar-refractivity contribution >= 4 is 20.5 Å². The predicted octanol–water partition coefficient (Wildman–Crippen LogP) is 3.04. The van der Waals surface area contributed by atoms with E-state index in [1.54, 1.807) is 12.8 Å². The van der Waals surface area contributed by atoms with Crippen LogP contribution < -0.4 is 0 Å². The van der Waals surface area contributed by atoms with Crippen LogP contribution in [0.25, 0.3) is 0 Å². The average molecular weight is 260 g/mol. The maximum absolute atomic E-state index is 4.92. The molecule has 5 aliphatic carbocycles. The molecule has 0 saturated heterocycles. The highest BCUT2D eigenvalue weighted by Gasteiger charge is 2.91. The van der Waals surface area contributed by atoms with Gasteiger partial charge in [0, 0.05) is 5.25 Å². The van der Waals surface area contributed by atoms with Crippen molar-refractivity contribution in [3.8, 4) is 0 Å². The highest BCUT2D eigenvalue weighted by Crippen LogP contribution is 2.97. The van der Waals surface area contributed by atoms with Crippen LogP contribution in [0.15, 0.2) is 0 Å². The van der Waals surface area contributed by atoms with Crippen molar-refractivity contribution in [3.05, 3.63) is 0 Å². The summed E-state index contributed by atoms with van der Waals surface area (Å²) in [7, 11) is 2.57. The SMILES string of the molecule is BC1C(C(C)C)C12C1C3CC4C(S)CCC4(C3)C12. The number of thiol groups is 1. The third-order valence-electron chi connectivity index (χ3n) is 8.31. The van der Waals surface area contributed by atoms with Crippen molar-refractivity contribution < 1.29 is 0 Å². The van der Waals surface area contributed by atoms with Crippen molar-refractivity contribution in [1.82, 2.24) is 0 Å². The first-order valence-corrected chi connectivity index (χ1v) is 8.75. The van der Waals surface area contributed by atoms with Crippen LogP contribution in [0.1, 0.15) is 39.5 Å². The number of rotatable bonds is 1. The summed E-state index contributed by atoms with van der Waals surface area (Å²) in [5.74, 6) is 7.47. The molecule has 98 valence electrons. The Hall–Kier alpha value is 0.415. The molecule has 0 radical (unpaired) electrons. The Morgan fingerprint density at radius 3 is 2.78 bits per heavy atom. The minimum atomic E-state index is 0.750. The van der Waals surface area contributed by atoms with Gasteiger partial charge in [0.2, 0.25) is 0 Å². The average Bonchev–Trinajstić information content (AvgIpc) is 2.94. The zero-order valence-corrected chi connectivity index (χ0v) is 12.8. The fraction of sp³-hybridized carbons (Fsp3) is 1.00. The summed E-state index contributed by atoms with van der Waals surface area (Å²) in [6.45, 7) is 4.94. The van der Waals surface area contributed by atoms with E-state index in [0.717, 1.165) is 57.4 Å². The molecular weight excluding hydrogens is 235 g/mol. The topological polar surface area (TPSA) is 0 Å². The van der Waals surface area contributed by atoms with Gasteiger partial charge in [-0.1, -0.05) is 19.7 Å². The van der Waals surface area contributed by atoms with Gasteiger partial charge < -0.3 is 0 Å². The van der Waals surface area contributed by atoms with E-state index in [1.807, 2.05) is 0 Å². The van der Waals surface area contributed by atoms with Gasteiger partial charge in [0.25, 0.3) is 0 Å². The zero-order valence-electron chi connectivity index (χ0n) is 11.9. The quantitative estimate of drug-likeness (QED) is 0.543. The van der Waals surface area contributed by atoms with Crippen molar-refractivity contribution in [3.63, 3.8) is 0 Å². The van der Waals surface area contributed by atoms with E-state index < -0.39 is 0 Å². The summed E-state index contributed by atoms with van der Waals surface area (Å²) in [5.41, 5.74) is 1.64. The number of hydrogen-bond acceptors (Lipinski definition) is 1. The van der Waals surface area contributed by atoms with E-state index in [4.69, 9.17) is 12.6 Å². The molecule has 2 spiro atoms. The van der Waals surface area contributed by atoms with Gasteiger partial charge in [-0.25, -0.2) is 0 Å². The summed E-state index contributed by atoms with van der Waals surface area (Å²) in [4.78, 5) is 0. The van der Waals surface area contributed by atoms with Gasteiger partial charge in [0.1, 0.15) is 7.85 Å². The van der Waals surface area contributed by atoms with Crippen LogP contribution in [0.3, 0.4) is 0 Å². The molecule has 2 heteroatoms. The Morgan fingerprint density at radius 2 is 2.11 bits per heavy atom. The summed E-state index contributed by atoms with van der Waals surface area (Å²) in [6.07, 6.45) is 6.10. The Bertz CT molecular complexity index is 435. The molecule has 5 rings (SSSR count). The van der Waals surface area contributed by atoms with E-state index in [0.29, 0.717) is 0 Å². The lowest BCUT2D eigenvalue weighted by Crippen LogP contribution is -2.27. The molecule has 0 aromatic carbocycles. The largest absolute Gasteiger partial charge is 0.176 e. The standard InChI is InChI=1S/C16H25BS/c1-7(2)11-14(17)16(11)12-8-5-9-10(18)3-4-15(9,6-8)13(12)16/h7-14,18H,3-6,17H2,1-2H3. The van der Waals surface area contributed by atoms with Crippen LogP contribution in [0.5, 0.6) is 0 Å². The summed E-state index contributed by atoms with van der Waals surface area (Å²) in [5, 5.41) is 0.750. The molecule has 0 N–H and O–H groups in total. The van der Waals surface area contributed by atoms with Crippen LogP contribution in [-0.4, -0.2) is 13.1 Å². The third kappa shape index (κ3) is 0.858. The molecule has 0 nitrogen and oxygen atoms in total. The fourth-order valence-electron chi connectivity index (χ4n) is 8.33. The van der Waals surface area contributed by atoms with Gasteiger partial charge in [-0.3, -0.25) is 0 Å². The molecular formula is C16H25BS. The van der Waals surface area contributed by atoms with Gasteiger partial charge in [-0.15, -0.1) is 0 Å². The molecule has 0 aliphatic heterocycles. The minimum absolute atomic E-state index is 0.750. The van der Waals surface area contributed by atoms with Crippen molar-refractivity contribution in [2.75, 3.05) is 0 Å². The Labute approximate surface area is 117 Å². The molecule has 0 heterocycles. The van der Waals surface area contributed by atoms with Crippen molar-refractivity contribution in [1.29, 1.82) is 0 Å². The molecule has 5 saturated carbocycles. The van der Waals surface area contributed by atoms with Gasteiger partial charge in [0.15, 0.2) is 0 Å². The van der Waals surface area contributed by atoms with E-state index in [1.165, 1.54) is 12.8 Å². The molecule has 9 unspecified atom stereocenters. The third-order valence-corrected chi connectivity index (χ3v) is 8.93. The second kappa shape index (κ2) is 2.87. The molecule has 9 atom stereocenters. The first-order valence-electron chi connectivity index (χ1n) is 8.23. The van der Waals surface area contributed by atoms with Gasteiger partial charge in [0.05, 0.1) is 0 Å².